The van der Waals surface area contributed by atoms with Gasteiger partial charge in [-0.05, 0) is 54.7 Å². The van der Waals surface area contributed by atoms with Crippen LogP contribution in [0.4, 0.5) is 5.69 Å². The fourth-order valence-corrected chi connectivity index (χ4v) is 5.51. The van der Waals surface area contributed by atoms with E-state index in [2.05, 4.69) is 16.1 Å². The van der Waals surface area contributed by atoms with Crippen LogP contribution in [0.1, 0.15) is 41.9 Å². The zero-order chi connectivity index (χ0) is 24.5. The number of amides is 2. The van der Waals surface area contributed by atoms with Crippen LogP contribution in [0.15, 0.2) is 72.9 Å². The van der Waals surface area contributed by atoms with Gasteiger partial charge in [0.1, 0.15) is 5.82 Å². The average Bonchev–Trinajstić information content (AvgIpc) is 3.37. The van der Waals surface area contributed by atoms with Gasteiger partial charge >= 0.3 is 0 Å². The molecular formula is C30H30N4O2. The highest BCUT2D eigenvalue weighted by Gasteiger charge is 2.29. The van der Waals surface area contributed by atoms with Crippen LogP contribution in [0.2, 0.25) is 0 Å². The molecule has 1 atom stereocenters. The maximum Gasteiger partial charge on any atom is 0.254 e. The summed E-state index contributed by atoms with van der Waals surface area (Å²) in [5.74, 6) is 0.867. The maximum absolute atomic E-state index is 13.4. The average molecular weight is 479 g/mol. The molecule has 1 N–H and O–H groups in total. The Morgan fingerprint density at radius 3 is 2.69 bits per heavy atom. The number of hydrogen-bond donors (Lipinski definition) is 1. The molecule has 182 valence electrons. The monoisotopic (exact) mass is 478 g/mol. The van der Waals surface area contributed by atoms with Gasteiger partial charge in [0.2, 0.25) is 5.91 Å². The van der Waals surface area contributed by atoms with Crippen LogP contribution in [0.5, 0.6) is 0 Å². The van der Waals surface area contributed by atoms with Crippen LogP contribution in [-0.2, 0) is 17.8 Å². The fraction of sp³-hybridized carbons (Fsp3) is 0.300. The van der Waals surface area contributed by atoms with Gasteiger partial charge in [-0.1, -0.05) is 48.5 Å². The molecule has 1 unspecified atom stereocenters. The van der Waals surface area contributed by atoms with Crippen LogP contribution < -0.4 is 5.32 Å². The first-order chi connectivity index (χ1) is 17.7. The molecule has 0 saturated carbocycles. The van der Waals surface area contributed by atoms with Gasteiger partial charge in [-0.15, -0.1) is 0 Å². The van der Waals surface area contributed by atoms with Crippen molar-refractivity contribution >= 4 is 28.3 Å². The summed E-state index contributed by atoms with van der Waals surface area (Å²) in [6.07, 6.45) is 7.11. The number of nitrogens with zero attached hydrogens (tertiary/aromatic N) is 3. The molecule has 3 heterocycles. The number of carbonyl (C=O) groups is 2. The van der Waals surface area contributed by atoms with E-state index in [1.807, 2.05) is 71.6 Å². The first-order valence-electron chi connectivity index (χ1n) is 12.9. The standard InChI is InChI=1S/C30H30N4O2/c35-29(31-24-12-5-10-22(18-24)27-20-33-16-4-3-15-28(33)32-27)23-11-7-17-34(19-23)30(36)26-14-6-9-21-8-1-2-13-25(21)26/h1-2,5-6,8-10,12-14,18,20,23H,3-4,7,11,15-17,19H2,(H,31,35). The van der Waals surface area contributed by atoms with Gasteiger partial charge in [-0.3, -0.25) is 9.59 Å². The Morgan fingerprint density at radius 1 is 0.917 bits per heavy atom. The van der Waals surface area contributed by atoms with Crippen LogP contribution in [-0.4, -0.2) is 39.4 Å². The Bertz CT molecular complexity index is 1410. The number of nitrogens with one attached hydrogen (secondary N) is 1. The minimum atomic E-state index is -0.235. The second-order valence-corrected chi connectivity index (χ2v) is 9.88. The van der Waals surface area contributed by atoms with Crippen LogP contribution >= 0.6 is 0 Å². The van der Waals surface area contributed by atoms with E-state index in [-0.39, 0.29) is 17.7 Å². The number of aromatic nitrogens is 2. The maximum atomic E-state index is 13.4. The molecule has 1 fully saturated rings. The highest BCUT2D eigenvalue weighted by Crippen LogP contribution is 2.27. The summed E-state index contributed by atoms with van der Waals surface area (Å²) in [6, 6.07) is 21.7. The molecule has 1 saturated heterocycles. The molecule has 3 aromatic carbocycles. The first kappa shape index (κ1) is 22.5. The minimum absolute atomic E-state index is 0.00459. The molecule has 0 aliphatic carbocycles. The number of imidazole rings is 1. The highest BCUT2D eigenvalue weighted by molar-refractivity contribution is 6.07. The Morgan fingerprint density at radius 2 is 1.78 bits per heavy atom. The van der Waals surface area contributed by atoms with Crippen molar-refractivity contribution in [3.63, 3.8) is 0 Å². The lowest BCUT2D eigenvalue weighted by Gasteiger charge is -2.32. The molecule has 2 aliphatic heterocycles. The Balaban J connectivity index is 1.16. The second kappa shape index (κ2) is 9.61. The molecule has 2 amide bonds. The summed E-state index contributed by atoms with van der Waals surface area (Å²) < 4.78 is 2.24. The lowest BCUT2D eigenvalue weighted by Crippen LogP contribution is -2.43. The Kier molecular flexibility index (Phi) is 6.01. The van der Waals surface area contributed by atoms with Crippen molar-refractivity contribution in [3.05, 3.63) is 84.3 Å². The number of fused-ring (bicyclic) bond motifs is 2. The van der Waals surface area contributed by atoms with Crippen molar-refractivity contribution in [2.75, 3.05) is 18.4 Å². The van der Waals surface area contributed by atoms with E-state index in [1.54, 1.807) is 0 Å². The zero-order valence-electron chi connectivity index (χ0n) is 20.3. The lowest BCUT2D eigenvalue weighted by molar-refractivity contribution is -0.121. The number of aryl methyl sites for hydroxylation is 2. The first-order valence-corrected chi connectivity index (χ1v) is 12.9. The number of carbonyl (C=O) groups excluding carboxylic acids is 2. The van der Waals surface area contributed by atoms with Crippen molar-refractivity contribution in [1.29, 1.82) is 0 Å². The third-order valence-corrected chi connectivity index (χ3v) is 7.43. The van der Waals surface area contributed by atoms with Gasteiger partial charge < -0.3 is 14.8 Å². The predicted molar refractivity (Wildman–Crippen MR) is 142 cm³/mol. The lowest BCUT2D eigenvalue weighted by atomic mass is 9.95. The van der Waals surface area contributed by atoms with E-state index in [0.29, 0.717) is 18.7 Å². The third kappa shape index (κ3) is 4.39. The van der Waals surface area contributed by atoms with E-state index >= 15 is 0 Å². The van der Waals surface area contributed by atoms with Crippen molar-refractivity contribution in [3.8, 4) is 11.3 Å². The molecule has 0 bridgehead atoms. The largest absolute Gasteiger partial charge is 0.338 e. The normalized spacial score (nSPS) is 17.6. The quantitative estimate of drug-likeness (QED) is 0.419. The number of benzene rings is 3. The molecule has 2 aliphatic rings. The van der Waals surface area contributed by atoms with E-state index in [9.17, 15) is 9.59 Å². The van der Waals surface area contributed by atoms with Crippen molar-refractivity contribution in [2.45, 2.75) is 38.6 Å². The third-order valence-electron chi connectivity index (χ3n) is 7.43. The highest BCUT2D eigenvalue weighted by atomic mass is 16.2. The van der Waals surface area contributed by atoms with Crippen LogP contribution in [0.3, 0.4) is 0 Å². The smallest absolute Gasteiger partial charge is 0.254 e. The molecule has 6 heteroatoms. The van der Waals surface area contributed by atoms with E-state index in [0.717, 1.165) is 59.3 Å². The van der Waals surface area contributed by atoms with Crippen molar-refractivity contribution in [2.24, 2.45) is 5.92 Å². The van der Waals surface area contributed by atoms with E-state index in [1.165, 1.54) is 12.8 Å². The number of piperidine rings is 1. The minimum Gasteiger partial charge on any atom is -0.338 e. The van der Waals surface area contributed by atoms with Crippen molar-refractivity contribution < 1.29 is 9.59 Å². The molecule has 36 heavy (non-hydrogen) atoms. The zero-order valence-corrected chi connectivity index (χ0v) is 20.3. The summed E-state index contributed by atoms with van der Waals surface area (Å²) in [5, 5.41) is 5.10. The van der Waals surface area contributed by atoms with Gasteiger partial charge in [0.25, 0.3) is 5.91 Å². The SMILES string of the molecule is O=C(Nc1cccc(-c2cn3c(n2)CCCC3)c1)C1CCCN(C(=O)c2cccc3ccccc23)C1. The Labute approximate surface area is 211 Å². The van der Waals surface area contributed by atoms with Gasteiger partial charge in [0.15, 0.2) is 0 Å². The molecule has 1 aromatic heterocycles. The fourth-order valence-electron chi connectivity index (χ4n) is 5.51. The second-order valence-electron chi connectivity index (χ2n) is 9.88. The summed E-state index contributed by atoms with van der Waals surface area (Å²) in [6.45, 7) is 2.13. The molecular weight excluding hydrogens is 448 g/mol. The van der Waals surface area contributed by atoms with E-state index in [4.69, 9.17) is 4.98 Å². The van der Waals surface area contributed by atoms with Gasteiger partial charge in [0, 0.05) is 49.1 Å². The molecule has 6 nitrogen and oxygen atoms in total. The number of hydrogen-bond acceptors (Lipinski definition) is 3. The summed E-state index contributed by atoms with van der Waals surface area (Å²) in [5.41, 5.74) is 3.42. The number of anilines is 1. The summed E-state index contributed by atoms with van der Waals surface area (Å²) >= 11 is 0. The molecule has 6 rings (SSSR count). The summed E-state index contributed by atoms with van der Waals surface area (Å²) in [4.78, 5) is 33.3. The molecule has 0 spiro atoms. The number of likely N-dealkylation sites (tertiary alicyclic amines) is 1. The molecule has 4 aromatic rings. The Hall–Kier alpha value is -3.93. The van der Waals surface area contributed by atoms with Crippen LogP contribution in [0.25, 0.3) is 22.0 Å². The number of rotatable bonds is 4. The van der Waals surface area contributed by atoms with E-state index < -0.39 is 0 Å². The van der Waals surface area contributed by atoms with Crippen LogP contribution in [0, 0.1) is 5.92 Å². The van der Waals surface area contributed by atoms with Crippen molar-refractivity contribution in [1.82, 2.24) is 14.5 Å². The van der Waals surface area contributed by atoms with Gasteiger partial charge in [-0.2, -0.15) is 0 Å². The topological polar surface area (TPSA) is 67.2 Å². The summed E-state index contributed by atoms with van der Waals surface area (Å²) in [7, 11) is 0. The van der Waals surface area contributed by atoms with Gasteiger partial charge in [-0.25, -0.2) is 4.98 Å². The van der Waals surface area contributed by atoms with Gasteiger partial charge in [0.05, 0.1) is 11.6 Å². The predicted octanol–water partition coefficient (Wildman–Crippen LogP) is 5.53. The molecule has 0 radical (unpaired) electrons.